The van der Waals surface area contributed by atoms with E-state index in [9.17, 15) is 20.2 Å². The number of nitrogens with zero attached hydrogens (tertiary/aromatic N) is 3. The molecule has 2 heterocycles. The van der Waals surface area contributed by atoms with Gasteiger partial charge in [0.25, 0.3) is 5.69 Å². The highest BCUT2D eigenvalue weighted by Gasteiger charge is 2.65. The topological polar surface area (TPSA) is 98.8 Å². The molecule has 8 nitrogen and oxygen atoms in total. The minimum absolute atomic E-state index is 0.0946. The lowest BCUT2D eigenvalue weighted by molar-refractivity contribution is -0.395. The Morgan fingerprint density at radius 1 is 1.14 bits per heavy atom. The molecule has 1 saturated carbocycles. The molecule has 0 unspecified atom stereocenters. The number of fused-ring (bicyclic) bond motifs is 3. The fourth-order valence-electron chi connectivity index (χ4n) is 5.46. The Balaban J connectivity index is 1.79. The summed E-state index contributed by atoms with van der Waals surface area (Å²) in [4.78, 5) is 23.9. The maximum atomic E-state index is 11.7. The van der Waals surface area contributed by atoms with Crippen molar-refractivity contribution in [1.82, 2.24) is 0 Å². The van der Waals surface area contributed by atoms with Crippen LogP contribution >= 0.6 is 0 Å². The lowest BCUT2D eigenvalue weighted by atomic mass is 9.64. The van der Waals surface area contributed by atoms with Crippen molar-refractivity contribution in [2.75, 3.05) is 11.9 Å². The minimum Gasteiger partial charge on any atom is -0.455 e. The van der Waals surface area contributed by atoms with Crippen LogP contribution in [0.3, 0.4) is 0 Å². The average molecular weight is 393 g/mol. The van der Waals surface area contributed by atoms with Crippen LogP contribution in [0.4, 0.5) is 17.1 Å². The van der Waals surface area contributed by atoms with Crippen molar-refractivity contribution < 1.29 is 14.6 Å². The molecule has 2 atom stereocenters. The molecule has 0 bridgehead atoms. The number of benzene rings is 2. The summed E-state index contributed by atoms with van der Waals surface area (Å²) in [5.41, 5.74) is 1.60. The van der Waals surface area contributed by atoms with Gasteiger partial charge in [0.15, 0.2) is 0 Å². The molecule has 0 aromatic heterocycles. The van der Waals surface area contributed by atoms with Crippen molar-refractivity contribution in [2.45, 2.75) is 37.3 Å². The summed E-state index contributed by atoms with van der Waals surface area (Å²) in [5, 5.41) is 23.0. The van der Waals surface area contributed by atoms with Gasteiger partial charge in [-0.2, -0.15) is 0 Å². The number of non-ortho nitro benzene ring substituents is 1. The van der Waals surface area contributed by atoms with Crippen molar-refractivity contribution >= 4 is 23.1 Å². The van der Waals surface area contributed by atoms with Crippen molar-refractivity contribution in [3.63, 3.8) is 0 Å². The minimum atomic E-state index is -0.886. The van der Waals surface area contributed by atoms with Gasteiger partial charge in [0.05, 0.1) is 21.3 Å². The Labute approximate surface area is 166 Å². The van der Waals surface area contributed by atoms with Crippen LogP contribution < -0.4 is 9.64 Å². The molecule has 0 N–H and O–H groups in total. The van der Waals surface area contributed by atoms with Crippen LogP contribution in [0.25, 0.3) is 6.08 Å². The largest absolute Gasteiger partial charge is 0.455 e. The quantitative estimate of drug-likeness (QED) is 0.548. The fraction of sp³-hybridized carbons (Fsp3) is 0.333. The molecule has 1 aliphatic carbocycles. The number of hydrogen-bond donors (Lipinski definition) is 0. The van der Waals surface area contributed by atoms with Crippen molar-refractivity contribution in [1.29, 1.82) is 0 Å². The van der Waals surface area contributed by atoms with E-state index in [1.54, 1.807) is 0 Å². The van der Waals surface area contributed by atoms with Crippen LogP contribution in [0.15, 0.2) is 42.0 Å². The first kappa shape index (κ1) is 17.7. The number of hydrogen-bond acceptors (Lipinski definition) is 6. The van der Waals surface area contributed by atoms with Crippen LogP contribution in [0.5, 0.6) is 5.75 Å². The Bertz CT molecular complexity index is 1130. The Kier molecular flexibility index (Phi) is 3.39. The smallest absolute Gasteiger partial charge is 0.318 e. The summed E-state index contributed by atoms with van der Waals surface area (Å²) < 4.78 is 6.57. The van der Waals surface area contributed by atoms with Gasteiger partial charge in [-0.25, -0.2) is 0 Å². The normalized spacial score (nSPS) is 26.4. The van der Waals surface area contributed by atoms with Gasteiger partial charge in [0.2, 0.25) is 11.5 Å². The van der Waals surface area contributed by atoms with Gasteiger partial charge in [-0.3, -0.25) is 20.2 Å². The molecule has 3 aliphatic rings. The molecule has 5 rings (SSSR count). The summed E-state index contributed by atoms with van der Waals surface area (Å²) in [6.45, 7) is 2.14. The monoisotopic (exact) mass is 393 g/mol. The molecule has 0 radical (unpaired) electrons. The third-order valence-electron chi connectivity index (χ3n) is 6.71. The van der Waals surface area contributed by atoms with Crippen LogP contribution in [0, 0.1) is 20.2 Å². The van der Waals surface area contributed by atoms with Crippen LogP contribution in [0.1, 0.15) is 37.3 Å². The summed E-state index contributed by atoms with van der Waals surface area (Å²) in [5.74, 6) is 0.0946. The number of ether oxygens (including phenoxy) is 1. The van der Waals surface area contributed by atoms with E-state index in [0.717, 1.165) is 42.2 Å². The predicted octanol–water partition coefficient (Wildman–Crippen LogP) is 4.57. The summed E-state index contributed by atoms with van der Waals surface area (Å²) in [6, 6.07) is 10.4. The van der Waals surface area contributed by atoms with Gasteiger partial charge >= 0.3 is 5.69 Å². The number of nitro benzene ring substituents is 2. The van der Waals surface area contributed by atoms with Crippen molar-refractivity contribution in [2.24, 2.45) is 0 Å². The van der Waals surface area contributed by atoms with E-state index in [2.05, 4.69) is 17.9 Å². The molecule has 1 fully saturated rings. The van der Waals surface area contributed by atoms with E-state index in [1.165, 1.54) is 6.07 Å². The zero-order valence-corrected chi connectivity index (χ0v) is 16.0. The van der Waals surface area contributed by atoms with Crippen LogP contribution in [-0.4, -0.2) is 22.6 Å². The first-order valence-electron chi connectivity index (χ1n) is 9.50. The van der Waals surface area contributed by atoms with Crippen molar-refractivity contribution in [3.05, 3.63) is 73.3 Å². The number of anilines is 1. The summed E-state index contributed by atoms with van der Waals surface area (Å²) >= 11 is 0. The lowest BCUT2D eigenvalue weighted by Crippen LogP contribution is -2.63. The van der Waals surface area contributed by atoms with Gasteiger partial charge in [0.1, 0.15) is 0 Å². The Morgan fingerprint density at radius 3 is 2.62 bits per heavy atom. The summed E-state index contributed by atoms with van der Waals surface area (Å²) in [7, 11) is 1.95. The molecule has 2 aromatic carbocycles. The number of rotatable bonds is 2. The highest BCUT2D eigenvalue weighted by molar-refractivity contribution is 5.79. The van der Waals surface area contributed by atoms with Crippen LogP contribution in [-0.2, 0) is 5.41 Å². The Hall–Kier alpha value is -3.42. The number of likely N-dealkylation sites (N-methyl/N-ethyl adjacent to an activating group) is 1. The number of para-hydroxylation sites is 1. The molecular formula is C21H19N3O5. The van der Waals surface area contributed by atoms with Crippen LogP contribution in [0.2, 0.25) is 0 Å². The molecule has 148 valence electrons. The molecular weight excluding hydrogens is 374 g/mol. The average Bonchev–Trinajstić information content (AvgIpc) is 2.89. The van der Waals surface area contributed by atoms with E-state index >= 15 is 0 Å². The zero-order chi connectivity index (χ0) is 20.6. The van der Waals surface area contributed by atoms with Gasteiger partial charge < -0.3 is 9.64 Å². The predicted molar refractivity (Wildman–Crippen MR) is 107 cm³/mol. The first-order chi connectivity index (χ1) is 13.8. The Morgan fingerprint density at radius 2 is 1.90 bits per heavy atom. The van der Waals surface area contributed by atoms with E-state index < -0.39 is 21.0 Å². The molecule has 0 amide bonds. The number of nitro groups is 2. The van der Waals surface area contributed by atoms with Gasteiger partial charge in [0, 0.05) is 24.4 Å². The van der Waals surface area contributed by atoms with Gasteiger partial charge in [-0.15, -0.1) is 0 Å². The molecule has 1 spiro atoms. The van der Waals surface area contributed by atoms with Gasteiger partial charge in [-0.05, 0) is 49.5 Å². The maximum absolute atomic E-state index is 11.7. The molecule has 2 aliphatic heterocycles. The second-order valence-electron chi connectivity index (χ2n) is 8.07. The molecule has 8 heteroatoms. The van der Waals surface area contributed by atoms with E-state index in [0.29, 0.717) is 5.56 Å². The zero-order valence-electron chi connectivity index (χ0n) is 16.0. The highest BCUT2D eigenvalue weighted by Crippen LogP contribution is 2.62. The third-order valence-corrected chi connectivity index (χ3v) is 6.71. The van der Waals surface area contributed by atoms with Gasteiger partial charge in [-0.1, -0.05) is 18.2 Å². The molecule has 29 heavy (non-hydrogen) atoms. The molecule has 2 aromatic rings. The fourth-order valence-corrected chi connectivity index (χ4v) is 5.46. The standard InChI is InChI=1S/C21H19N3O5/c1-20-9-5-6-14-10-13-11-15(23(25)26)12-18(24(27)28)19(13)29-21(14,20)22(2)17-8-4-3-7-16(17)20/h3-4,7-8,10-12H,5-6,9H2,1-2H3/t20-,21+/m1/s1. The van der Waals surface area contributed by atoms with E-state index in [1.807, 2.05) is 31.3 Å². The second-order valence-corrected chi connectivity index (χ2v) is 8.07. The molecule has 0 saturated heterocycles. The highest BCUT2D eigenvalue weighted by atomic mass is 16.6. The second kappa shape index (κ2) is 5.56. The lowest BCUT2D eigenvalue weighted by Gasteiger charge is -2.53. The maximum Gasteiger partial charge on any atom is 0.318 e. The van der Waals surface area contributed by atoms with E-state index in [-0.39, 0.29) is 17.1 Å². The van der Waals surface area contributed by atoms with Crippen molar-refractivity contribution in [3.8, 4) is 5.75 Å². The summed E-state index contributed by atoms with van der Waals surface area (Å²) in [6.07, 6.45) is 4.45. The third kappa shape index (κ3) is 2.03. The SMILES string of the molecule is CN1c2ccccc2[C@@]2(C)CCCC3=Cc4cc([N+](=O)[O-])cc([N+](=O)[O-])c4O[C@]312. The van der Waals surface area contributed by atoms with E-state index in [4.69, 9.17) is 4.74 Å². The first-order valence-corrected chi connectivity index (χ1v) is 9.50.